The second kappa shape index (κ2) is 4.41. The minimum absolute atomic E-state index is 0.549. The van der Waals surface area contributed by atoms with Gasteiger partial charge in [0.05, 0.1) is 6.54 Å². The third-order valence-electron chi connectivity index (χ3n) is 1.53. The molecule has 0 atom stereocenters. The lowest BCUT2D eigenvalue weighted by Gasteiger charge is -1.91. The van der Waals surface area contributed by atoms with Crippen LogP contribution in [0.2, 0.25) is 0 Å². The number of nitrogens with zero attached hydrogens (tertiary/aromatic N) is 2. The first-order valence-corrected chi connectivity index (χ1v) is 4.36. The molecular weight excluding hydrogens is 158 g/mol. The van der Waals surface area contributed by atoms with Gasteiger partial charge in [0.25, 0.3) is 0 Å². The quantitative estimate of drug-likeness (QED) is 0.487. The van der Waals surface area contributed by atoms with Crippen molar-refractivity contribution < 1.29 is 4.57 Å². The summed E-state index contributed by atoms with van der Waals surface area (Å²) in [5.74, 6) is 0.931. The minimum Gasteiger partial charge on any atom is -0.295 e. The molecule has 0 aliphatic carbocycles. The Kier molecular flexibility index (Phi) is 3.45. The molecule has 0 unspecified atom stereocenters. The summed E-state index contributed by atoms with van der Waals surface area (Å²) in [6.07, 6.45) is 7.10. The first kappa shape index (κ1) is 8.62. The largest absolute Gasteiger partial charge is 0.295 e. The summed E-state index contributed by atoms with van der Waals surface area (Å²) in [5, 5.41) is 0. The second-order valence-corrected chi connectivity index (χ2v) is 2.87. The van der Waals surface area contributed by atoms with Crippen LogP contribution in [0.3, 0.4) is 0 Å². The average molecular weight is 172 g/mol. The van der Waals surface area contributed by atoms with Crippen LogP contribution >= 0.6 is 12.6 Å². The molecular formula is C7H14N3S+. The molecule has 0 amide bonds. The van der Waals surface area contributed by atoms with Crippen molar-refractivity contribution in [1.29, 1.82) is 0 Å². The van der Waals surface area contributed by atoms with Crippen LogP contribution in [0.25, 0.3) is 0 Å². The van der Waals surface area contributed by atoms with Gasteiger partial charge in [0.15, 0.2) is 0 Å². The Morgan fingerprint density at radius 2 is 2.36 bits per heavy atom. The van der Waals surface area contributed by atoms with Crippen LogP contribution < -0.4 is 10.3 Å². The number of imidazole rings is 1. The van der Waals surface area contributed by atoms with Crippen LogP contribution in [0.15, 0.2) is 18.7 Å². The minimum atomic E-state index is 0.549. The predicted octanol–water partition coefficient (Wildman–Crippen LogP) is 0.0117. The van der Waals surface area contributed by atoms with E-state index in [9.17, 15) is 0 Å². The van der Waals surface area contributed by atoms with Crippen molar-refractivity contribution in [3.63, 3.8) is 0 Å². The Bertz CT molecular complexity index is 209. The van der Waals surface area contributed by atoms with E-state index in [0.717, 1.165) is 18.7 Å². The molecule has 1 aromatic heterocycles. The Hall–Kier alpha value is -0.480. The first-order chi connectivity index (χ1) is 5.36. The SMILES string of the molecule is NC[n+]1ccn(CCCS)c1. The molecule has 0 aliphatic heterocycles. The third kappa shape index (κ3) is 2.55. The molecule has 0 aromatic carbocycles. The van der Waals surface area contributed by atoms with Crippen molar-refractivity contribution in [3.05, 3.63) is 18.7 Å². The van der Waals surface area contributed by atoms with Gasteiger partial charge in [0, 0.05) is 0 Å². The maximum Gasteiger partial charge on any atom is 0.244 e. The highest BCUT2D eigenvalue weighted by atomic mass is 32.1. The maximum absolute atomic E-state index is 5.43. The Morgan fingerprint density at radius 1 is 1.55 bits per heavy atom. The highest BCUT2D eigenvalue weighted by Crippen LogP contribution is 1.90. The fourth-order valence-electron chi connectivity index (χ4n) is 0.932. The lowest BCUT2D eigenvalue weighted by molar-refractivity contribution is -0.695. The van der Waals surface area contributed by atoms with Crippen LogP contribution in [0, 0.1) is 0 Å². The van der Waals surface area contributed by atoms with Crippen LogP contribution in [0.1, 0.15) is 6.42 Å². The van der Waals surface area contributed by atoms with Crippen molar-refractivity contribution in [2.24, 2.45) is 5.73 Å². The van der Waals surface area contributed by atoms with E-state index in [0.29, 0.717) is 6.67 Å². The zero-order valence-electron chi connectivity index (χ0n) is 6.48. The normalized spacial score (nSPS) is 10.4. The summed E-state index contributed by atoms with van der Waals surface area (Å²) < 4.78 is 4.06. The maximum atomic E-state index is 5.43. The summed E-state index contributed by atoms with van der Waals surface area (Å²) in [6, 6.07) is 0. The Morgan fingerprint density at radius 3 is 2.91 bits per heavy atom. The van der Waals surface area contributed by atoms with E-state index >= 15 is 0 Å². The van der Waals surface area contributed by atoms with Gasteiger partial charge < -0.3 is 0 Å². The fraction of sp³-hybridized carbons (Fsp3) is 0.571. The topological polar surface area (TPSA) is 34.8 Å². The lowest BCUT2D eigenvalue weighted by Crippen LogP contribution is -2.35. The summed E-state index contributed by atoms with van der Waals surface area (Å²) >= 11 is 4.14. The van der Waals surface area contributed by atoms with Gasteiger partial charge in [0.1, 0.15) is 19.1 Å². The fourth-order valence-corrected chi connectivity index (χ4v) is 1.07. The van der Waals surface area contributed by atoms with Crippen molar-refractivity contribution in [3.8, 4) is 0 Å². The van der Waals surface area contributed by atoms with Crippen molar-refractivity contribution in [1.82, 2.24) is 4.57 Å². The summed E-state index contributed by atoms with van der Waals surface area (Å²) in [5.41, 5.74) is 5.43. The molecule has 2 N–H and O–H groups in total. The molecule has 0 bridgehead atoms. The molecule has 1 rings (SSSR count). The third-order valence-corrected chi connectivity index (χ3v) is 1.85. The molecule has 1 aromatic rings. The van der Waals surface area contributed by atoms with E-state index in [-0.39, 0.29) is 0 Å². The number of nitrogens with two attached hydrogens (primary N) is 1. The van der Waals surface area contributed by atoms with Crippen molar-refractivity contribution >= 4 is 12.6 Å². The number of aryl methyl sites for hydroxylation is 1. The first-order valence-electron chi connectivity index (χ1n) is 3.72. The van der Waals surface area contributed by atoms with Crippen LogP contribution in [0.4, 0.5) is 0 Å². The zero-order valence-corrected chi connectivity index (χ0v) is 7.37. The Balaban J connectivity index is 2.44. The highest BCUT2D eigenvalue weighted by Gasteiger charge is 1.99. The monoisotopic (exact) mass is 172 g/mol. The van der Waals surface area contributed by atoms with E-state index in [4.69, 9.17) is 5.73 Å². The van der Waals surface area contributed by atoms with E-state index in [1.54, 1.807) is 0 Å². The van der Waals surface area contributed by atoms with E-state index in [1.165, 1.54) is 0 Å². The van der Waals surface area contributed by atoms with Gasteiger partial charge in [-0.25, -0.2) is 9.13 Å². The molecule has 0 fully saturated rings. The molecule has 0 saturated carbocycles. The van der Waals surface area contributed by atoms with Gasteiger partial charge >= 0.3 is 0 Å². The number of hydrogen-bond acceptors (Lipinski definition) is 2. The van der Waals surface area contributed by atoms with Crippen molar-refractivity contribution in [2.45, 2.75) is 19.6 Å². The summed E-state index contributed by atoms with van der Waals surface area (Å²) in [4.78, 5) is 0. The molecule has 0 aliphatic rings. The van der Waals surface area contributed by atoms with Crippen LogP contribution in [0.5, 0.6) is 0 Å². The second-order valence-electron chi connectivity index (χ2n) is 2.43. The molecule has 11 heavy (non-hydrogen) atoms. The van der Waals surface area contributed by atoms with Gasteiger partial charge in [-0.3, -0.25) is 5.73 Å². The van der Waals surface area contributed by atoms with Crippen LogP contribution in [-0.4, -0.2) is 10.3 Å². The lowest BCUT2D eigenvalue weighted by atomic mass is 10.5. The number of rotatable bonds is 4. The number of hydrogen-bond donors (Lipinski definition) is 2. The summed E-state index contributed by atoms with van der Waals surface area (Å²) in [6.45, 7) is 1.57. The highest BCUT2D eigenvalue weighted by molar-refractivity contribution is 7.80. The summed E-state index contributed by atoms with van der Waals surface area (Å²) in [7, 11) is 0. The zero-order chi connectivity index (χ0) is 8.10. The van der Waals surface area contributed by atoms with E-state index in [1.807, 2.05) is 23.3 Å². The van der Waals surface area contributed by atoms with Gasteiger partial charge in [-0.2, -0.15) is 12.6 Å². The number of thiol groups is 1. The van der Waals surface area contributed by atoms with Gasteiger partial charge in [0.2, 0.25) is 6.33 Å². The Labute approximate surface area is 72.2 Å². The van der Waals surface area contributed by atoms with Gasteiger partial charge in [-0.05, 0) is 12.2 Å². The molecule has 1 heterocycles. The smallest absolute Gasteiger partial charge is 0.244 e. The van der Waals surface area contributed by atoms with Crippen LogP contribution in [-0.2, 0) is 13.2 Å². The standard InChI is InChI=1S/C7H13N3S/c8-6-10-4-3-9(7-10)2-1-5-11/h3-4,7H,1-2,5-6,8H2/p+1. The molecule has 0 radical (unpaired) electrons. The molecule has 0 spiro atoms. The number of aromatic nitrogens is 2. The van der Waals surface area contributed by atoms with Gasteiger partial charge in [-0.1, -0.05) is 0 Å². The average Bonchev–Trinajstić information content (AvgIpc) is 2.48. The van der Waals surface area contributed by atoms with Crippen molar-refractivity contribution in [2.75, 3.05) is 5.75 Å². The molecule has 0 saturated heterocycles. The molecule has 4 heteroatoms. The predicted molar refractivity (Wildman–Crippen MR) is 47.3 cm³/mol. The van der Waals surface area contributed by atoms with E-state index in [2.05, 4.69) is 17.2 Å². The molecule has 62 valence electrons. The van der Waals surface area contributed by atoms with Gasteiger partial charge in [-0.15, -0.1) is 0 Å². The molecule has 3 nitrogen and oxygen atoms in total. The van der Waals surface area contributed by atoms with E-state index < -0.39 is 0 Å².